The monoisotopic (exact) mass is 410 g/mol. The molecule has 1 heteroatoms. The van der Waals surface area contributed by atoms with Crippen LogP contribution in [0.25, 0.3) is 0 Å². The van der Waals surface area contributed by atoms with Gasteiger partial charge in [0.1, 0.15) is 0 Å². The van der Waals surface area contributed by atoms with Gasteiger partial charge in [0.25, 0.3) is 0 Å². The molecule has 1 atom stereocenters. The zero-order valence-electron chi connectivity index (χ0n) is 20.7. The highest BCUT2D eigenvalue weighted by atomic mass is 16.2. The van der Waals surface area contributed by atoms with Crippen LogP contribution in [0.1, 0.15) is 168 Å². The SMILES string of the molecule is CCCCCCCCCCCCC(C)CCCCCCCCCCCCCCO. The van der Waals surface area contributed by atoms with Gasteiger partial charge in [0.05, 0.1) is 0 Å². The first-order valence-corrected chi connectivity index (χ1v) is 13.9. The van der Waals surface area contributed by atoms with E-state index in [4.69, 9.17) is 5.11 Å². The fourth-order valence-electron chi connectivity index (χ4n) is 4.50. The average Bonchev–Trinajstić information content (AvgIpc) is 2.72. The smallest absolute Gasteiger partial charge is 0.0431 e. The topological polar surface area (TPSA) is 20.2 Å². The van der Waals surface area contributed by atoms with Crippen molar-refractivity contribution in [2.24, 2.45) is 5.92 Å². The first kappa shape index (κ1) is 29.0. The summed E-state index contributed by atoms with van der Waals surface area (Å²) in [7, 11) is 0. The van der Waals surface area contributed by atoms with Crippen LogP contribution in [0.15, 0.2) is 0 Å². The number of aliphatic hydroxyl groups excluding tert-OH is 1. The van der Waals surface area contributed by atoms with Crippen LogP contribution in [-0.4, -0.2) is 11.7 Å². The molecular weight excluding hydrogens is 352 g/mol. The molecule has 0 aromatic rings. The number of hydrogen-bond acceptors (Lipinski definition) is 1. The van der Waals surface area contributed by atoms with E-state index in [2.05, 4.69) is 13.8 Å². The van der Waals surface area contributed by atoms with Crippen LogP contribution in [-0.2, 0) is 0 Å². The largest absolute Gasteiger partial charge is 0.396 e. The van der Waals surface area contributed by atoms with E-state index in [0.29, 0.717) is 6.61 Å². The second kappa shape index (κ2) is 26.0. The molecule has 0 bridgehead atoms. The van der Waals surface area contributed by atoms with Crippen molar-refractivity contribution in [3.05, 3.63) is 0 Å². The Balaban J connectivity index is 3.12. The average molecular weight is 411 g/mol. The Morgan fingerprint density at radius 2 is 0.690 bits per heavy atom. The van der Waals surface area contributed by atoms with Crippen LogP contribution in [0, 0.1) is 5.92 Å². The predicted molar refractivity (Wildman–Crippen MR) is 133 cm³/mol. The van der Waals surface area contributed by atoms with Crippen molar-refractivity contribution in [1.82, 2.24) is 0 Å². The molecule has 0 saturated carbocycles. The van der Waals surface area contributed by atoms with Crippen LogP contribution in [0.3, 0.4) is 0 Å². The molecule has 0 rings (SSSR count). The molecule has 0 spiro atoms. The molecule has 1 unspecified atom stereocenters. The van der Waals surface area contributed by atoms with Gasteiger partial charge in [-0.05, 0) is 12.3 Å². The number of rotatable bonds is 25. The summed E-state index contributed by atoms with van der Waals surface area (Å²) >= 11 is 0. The molecule has 1 N–H and O–H groups in total. The second-order valence-corrected chi connectivity index (χ2v) is 9.83. The van der Waals surface area contributed by atoms with Crippen molar-refractivity contribution in [2.75, 3.05) is 6.61 Å². The van der Waals surface area contributed by atoms with Gasteiger partial charge in [0.15, 0.2) is 0 Å². The summed E-state index contributed by atoms with van der Waals surface area (Å²) in [5, 5.41) is 8.76. The molecule has 0 fully saturated rings. The Labute approximate surface area is 185 Å². The first-order valence-electron chi connectivity index (χ1n) is 13.9. The van der Waals surface area contributed by atoms with E-state index in [1.165, 1.54) is 148 Å². The molecule has 0 aliphatic carbocycles. The van der Waals surface area contributed by atoms with Crippen LogP contribution in [0.4, 0.5) is 0 Å². The quantitative estimate of drug-likeness (QED) is 0.148. The van der Waals surface area contributed by atoms with Gasteiger partial charge in [-0.3, -0.25) is 0 Å². The molecule has 29 heavy (non-hydrogen) atoms. The molecular formula is C28H58O. The second-order valence-electron chi connectivity index (χ2n) is 9.83. The molecule has 0 aromatic heterocycles. The third kappa shape index (κ3) is 25.9. The molecule has 0 amide bonds. The van der Waals surface area contributed by atoms with E-state index < -0.39 is 0 Å². The standard InChI is InChI=1S/C28H58O/c1-3-4-5-6-7-8-13-16-19-22-25-28(2)26-23-20-17-14-11-9-10-12-15-18-21-24-27-29/h28-29H,3-27H2,1-2H3. The molecule has 0 saturated heterocycles. The lowest BCUT2D eigenvalue weighted by atomic mass is 9.95. The first-order chi connectivity index (χ1) is 14.3. The Hall–Kier alpha value is -0.0400. The lowest BCUT2D eigenvalue weighted by molar-refractivity contribution is 0.282. The van der Waals surface area contributed by atoms with Crippen molar-refractivity contribution < 1.29 is 5.11 Å². The normalized spacial score (nSPS) is 12.5. The maximum Gasteiger partial charge on any atom is 0.0431 e. The maximum absolute atomic E-state index is 8.76. The van der Waals surface area contributed by atoms with Crippen molar-refractivity contribution in [3.8, 4) is 0 Å². The van der Waals surface area contributed by atoms with Crippen molar-refractivity contribution >= 4 is 0 Å². The minimum atomic E-state index is 0.373. The number of aliphatic hydroxyl groups is 1. The Morgan fingerprint density at radius 3 is 1.00 bits per heavy atom. The predicted octanol–water partition coefficient (Wildman–Crippen LogP) is 10.00. The lowest BCUT2D eigenvalue weighted by Gasteiger charge is -2.11. The van der Waals surface area contributed by atoms with Crippen LogP contribution < -0.4 is 0 Å². The Morgan fingerprint density at radius 1 is 0.414 bits per heavy atom. The van der Waals surface area contributed by atoms with Crippen LogP contribution in [0.2, 0.25) is 0 Å². The highest BCUT2D eigenvalue weighted by molar-refractivity contribution is 4.56. The summed E-state index contributed by atoms with van der Waals surface area (Å²) in [5.74, 6) is 0.954. The van der Waals surface area contributed by atoms with E-state index in [1.54, 1.807) is 0 Å². The van der Waals surface area contributed by atoms with Gasteiger partial charge in [-0.25, -0.2) is 0 Å². The summed E-state index contributed by atoms with van der Waals surface area (Å²) < 4.78 is 0. The molecule has 0 radical (unpaired) electrons. The molecule has 0 heterocycles. The zero-order valence-corrected chi connectivity index (χ0v) is 20.7. The van der Waals surface area contributed by atoms with Gasteiger partial charge in [0.2, 0.25) is 0 Å². The molecule has 0 aliphatic heterocycles. The summed E-state index contributed by atoms with van der Waals surface area (Å²) in [6, 6.07) is 0. The highest BCUT2D eigenvalue weighted by Gasteiger charge is 2.02. The van der Waals surface area contributed by atoms with Crippen molar-refractivity contribution in [1.29, 1.82) is 0 Å². The van der Waals surface area contributed by atoms with Gasteiger partial charge in [0, 0.05) is 6.61 Å². The minimum absolute atomic E-state index is 0.373. The summed E-state index contributed by atoms with van der Waals surface area (Å²) in [6.45, 7) is 5.15. The van der Waals surface area contributed by atoms with E-state index in [9.17, 15) is 0 Å². The Bertz CT molecular complexity index is 275. The third-order valence-electron chi connectivity index (χ3n) is 6.66. The maximum atomic E-state index is 8.76. The van der Waals surface area contributed by atoms with E-state index in [-0.39, 0.29) is 0 Å². The van der Waals surface area contributed by atoms with Crippen LogP contribution in [0.5, 0.6) is 0 Å². The number of hydrogen-bond donors (Lipinski definition) is 1. The van der Waals surface area contributed by atoms with Crippen LogP contribution >= 0.6 is 0 Å². The van der Waals surface area contributed by atoms with Gasteiger partial charge in [-0.1, -0.05) is 162 Å². The van der Waals surface area contributed by atoms with Gasteiger partial charge >= 0.3 is 0 Å². The molecule has 0 aromatic carbocycles. The summed E-state index contributed by atoms with van der Waals surface area (Å²) in [4.78, 5) is 0. The zero-order chi connectivity index (χ0) is 21.3. The minimum Gasteiger partial charge on any atom is -0.396 e. The van der Waals surface area contributed by atoms with E-state index >= 15 is 0 Å². The van der Waals surface area contributed by atoms with Crippen molar-refractivity contribution in [3.63, 3.8) is 0 Å². The van der Waals surface area contributed by atoms with E-state index in [0.717, 1.165) is 12.3 Å². The molecule has 1 nitrogen and oxygen atoms in total. The van der Waals surface area contributed by atoms with E-state index in [1.807, 2.05) is 0 Å². The lowest BCUT2D eigenvalue weighted by Crippen LogP contribution is -1.95. The highest BCUT2D eigenvalue weighted by Crippen LogP contribution is 2.19. The van der Waals surface area contributed by atoms with Gasteiger partial charge in [-0.2, -0.15) is 0 Å². The van der Waals surface area contributed by atoms with Gasteiger partial charge < -0.3 is 5.11 Å². The fourth-order valence-corrected chi connectivity index (χ4v) is 4.50. The fraction of sp³-hybridized carbons (Fsp3) is 1.00. The third-order valence-corrected chi connectivity index (χ3v) is 6.66. The summed E-state index contributed by atoms with van der Waals surface area (Å²) in [6.07, 6.45) is 34.0. The van der Waals surface area contributed by atoms with Gasteiger partial charge in [-0.15, -0.1) is 0 Å². The molecule has 0 aliphatic rings. The Kier molecular flexibility index (Phi) is 26.0. The van der Waals surface area contributed by atoms with Crippen molar-refractivity contribution in [2.45, 2.75) is 168 Å². The number of unbranched alkanes of at least 4 members (excludes halogenated alkanes) is 20. The molecule has 176 valence electrons. The summed E-state index contributed by atoms with van der Waals surface area (Å²) in [5.41, 5.74) is 0.